The zero-order valence-corrected chi connectivity index (χ0v) is 9.70. The molecule has 0 amide bonds. The van der Waals surface area contributed by atoms with Crippen molar-refractivity contribution in [3.63, 3.8) is 0 Å². The Bertz CT molecular complexity index is 452. The van der Waals surface area contributed by atoms with Crippen LogP contribution in [-0.2, 0) is 0 Å². The van der Waals surface area contributed by atoms with E-state index in [0.29, 0.717) is 0 Å². The summed E-state index contributed by atoms with van der Waals surface area (Å²) >= 11 is 5.11. The Morgan fingerprint density at radius 3 is 2.92 bits per heavy atom. The molecule has 68 valence electrons. The lowest BCUT2D eigenvalue weighted by Crippen LogP contribution is -1.82. The van der Waals surface area contributed by atoms with Gasteiger partial charge in [-0.1, -0.05) is 0 Å². The van der Waals surface area contributed by atoms with Crippen LogP contribution in [0.4, 0.5) is 0 Å². The molecule has 0 saturated carbocycles. The van der Waals surface area contributed by atoms with Crippen molar-refractivity contribution in [1.82, 2.24) is 4.98 Å². The van der Waals surface area contributed by atoms with Crippen LogP contribution in [0.3, 0.4) is 0 Å². The second kappa shape index (κ2) is 3.27. The molecule has 0 unspecified atom stereocenters. The fourth-order valence-electron chi connectivity index (χ4n) is 1.22. The van der Waals surface area contributed by atoms with Gasteiger partial charge in [0, 0.05) is 4.47 Å². The third kappa shape index (κ3) is 1.44. The van der Waals surface area contributed by atoms with Crippen molar-refractivity contribution in [3.8, 4) is 5.75 Å². The molecule has 0 N–H and O–H groups in total. The van der Waals surface area contributed by atoms with Crippen molar-refractivity contribution in [2.45, 2.75) is 6.92 Å². The van der Waals surface area contributed by atoms with Crippen LogP contribution in [0.1, 0.15) is 5.01 Å². The molecule has 0 aliphatic heterocycles. The molecule has 1 heterocycles. The van der Waals surface area contributed by atoms with Crippen molar-refractivity contribution < 1.29 is 4.74 Å². The molecule has 0 aliphatic carbocycles. The number of nitrogens with zero attached hydrogens (tertiary/aromatic N) is 1. The molecule has 2 rings (SSSR count). The van der Waals surface area contributed by atoms with Gasteiger partial charge in [0.15, 0.2) is 0 Å². The summed E-state index contributed by atoms with van der Waals surface area (Å²) in [6.45, 7) is 2.00. The SMILES string of the molecule is COc1ccc(Br)c2nc(C)sc12. The number of halogens is 1. The molecule has 0 spiro atoms. The van der Waals surface area contributed by atoms with Gasteiger partial charge in [-0.3, -0.25) is 0 Å². The third-order valence-electron chi connectivity index (χ3n) is 1.79. The molecule has 4 heteroatoms. The van der Waals surface area contributed by atoms with Crippen LogP contribution in [0.25, 0.3) is 10.2 Å². The Balaban J connectivity index is 2.83. The van der Waals surface area contributed by atoms with E-state index >= 15 is 0 Å². The van der Waals surface area contributed by atoms with E-state index in [0.717, 1.165) is 25.4 Å². The van der Waals surface area contributed by atoms with Gasteiger partial charge in [0.1, 0.15) is 5.75 Å². The zero-order chi connectivity index (χ0) is 9.42. The molecule has 0 aliphatic rings. The van der Waals surface area contributed by atoms with Crippen LogP contribution in [0.15, 0.2) is 16.6 Å². The summed E-state index contributed by atoms with van der Waals surface area (Å²) < 4.78 is 7.37. The number of benzene rings is 1. The first kappa shape index (κ1) is 8.97. The second-order valence-corrected chi connectivity index (χ2v) is 4.72. The molecular formula is C9H8BrNOS. The minimum absolute atomic E-state index is 0.892. The highest BCUT2D eigenvalue weighted by Gasteiger charge is 2.08. The standard InChI is InChI=1S/C9H8BrNOS/c1-5-11-8-6(10)3-4-7(12-2)9(8)13-5/h3-4H,1-2H3. The molecule has 1 aromatic heterocycles. The van der Waals surface area contributed by atoms with Crippen molar-refractivity contribution in [2.75, 3.05) is 7.11 Å². The van der Waals surface area contributed by atoms with Crippen LogP contribution < -0.4 is 4.74 Å². The Labute approximate surface area is 88.7 Å². The Hall–Kier alpha value is -0.610. The normalized spacial score (nSPS) is 10.7. The first-order valence-electron chi connectivity index (χ1n) is 3.82. The lowest BCUT2D eigenvalue weighted by molar-refractivity contribution is 0.420. The van der Waals surface area contributed by atoms with Gasteiger partial charge >= 0.3 is 0 Å². The molecule has 13 heavy (non-hydrogen) atoms. The largest absolute Gasteiger partial charge is 0.495 e. The van der Waals surface area contributed by atoms with Gasteiger partial charge < -0.3 is 4.74 Å². The predicted molar refractivity (Wildman–Crippen MR) is 58.6 cm³/mol. The minimum atomic E-state index is 0.892. The molecule has 2 nitrogen and oxygen atoms in total. The number of hydrogen-bond acceptors (Lipinski definition) is 3. The Morgan fingerprint density at radius 2 is 2.23 bits per heavy atom. The van der Waals surface area contributed by atoms with Crippen molar-refractivity contribution in [3.05, 3.63) is 21.6 Å². The molecule has 0 radical (unpaired) electrons. The predicted octanol–water partition coefficient (Wildman–Crippen LogP) is 3.38. The van der Waals surface area contributed by atoms with E-state index in [2.05, 4.69) is 20.9 Å². The molecule has 2 aromatic rings. The van der Waals surface area contributed by atoms with Crippen molar-refractivity contribution in [2.24, 2.45) is 0 Å². The Morgan fingerprint density at radius 1 is 1.46 bits per heavy atom. The van der Waals surface area contributed by atoms with Crippen molar-refractivity contribution in [1.29, 1.82) is 0 Å². The number of hydrogen-bond donors (Lipinski definition) is 0. The van der Waals surface area contributed by atoms with Crippen LogP contribution in [0.2, 0.25) is 0 Å². The van der Waals surface area contributed by atoms with E-state index in [1.54, 1.807) is 18.4 Å². The molecule has 0 bridgehead atoms. The van der Waals surface area contributed by atoms with Gasteiger partial charge in [-0.2, -0.15) is 0 Å². The first-order chi connectivity index (χ1) is 6.22. The number of aromatic nitrogens is 1. The highest BCUT2D eigenvalue weighted by molar-refractivity contribution is 9.10. The van der Waals surface area contributed by atoms with Crippen LogP contribution in [-0.4, -0.2) is 12.1 Å². The summed E-state index contributed by atoms with van der Waals surface area (Å²) in [5.41, 5.74) is 0.988. The van der Waals surface area contributed by atoms with E-state index in [4.69, 9.17) is 4.74 Å². The number of thiazole rings is 1. The summed E-state index contributed by atoms with van der Waals surface area (Å²) in [6.07, 6.45) is 0. The van der Waals surface area contributed by atoms with Gasteiger partial charge in [-0.05, 0) is 35.0 Å². The number of rotatable bonds is 1. The molecule has 0 fully saturated rings. The summed E-state index contributed by atoms with van der Waals surface area (Å²) in [6, 6.07) is 3.91. The van der Waals surface area contributed by atoms with Gasteiger partial charge in [-0.25, -0.2) is 4.98 Å². The van der Waals surface area contributed by atoms with E-state index in [-0.39, 0.29) is 0 Å². The maximum absolute atomic E-state index is 5.25. The van der Waals surface area contributed by atoms with E-state index < -0.39 is 0 Å². The number of methoxy groups -OCH3 is 1. The maximum Gasteiger partial charge on any atom is 0.138 e. The zero-order valence-electron chi connectivity index (χ0n) is 7.30. The number of ether oxygens (including phenoxy) is 1. The van der Waals surface area contributed by atoms with E-state index in [9.17, 15) is 0 Å². The second-order valence-electron chi connectivity index (χ2n) is 2.66. The van der Waals surface area contributed by atoms with E-state index in [1.165, 1.54) is 0 Å². The van der Waals surface area contributed by atoms with Gasteiger partial charge in [0.05, 0.1) is 22.3 Å². The third-order valence-corrected chi connectivity index (χ3v) is 3.41. The Kier molecular flexibility index (Phi) is 2.26. The fourth-order valence-corrected chi connectivity index (χ4v) is 2.71. The fraction of sp³-hybridized carbons (Fsp3) is 0.222. The maximum atomic E-state index is 5.25. The van der Waals surface area contributed by atoms with Gasteiger partial charge in [0.2, 0.25) is 0 Å². The quantitative estimate of drug-likeness (QED) is 0.782. The van der Waals surface area contributed by atoms with Crippen LogP contribution in [0.5, 0.6) is 5.75 Å². The highest BCUT2D eigenvalue weighted by Crippen LogP contribution is 2.35. The molecular weight excluding hydrogens is 250 g/mol. The molecule has 0 atom stereocenters. The lowest BCUT2D eigenvalue weighted by Gasteiger charge is -2.00. The number of fused-ring (bicyclic) bond motifs is 1. The van der Waals surface area contributed by atoms with Crippen LogP contribution in [0, 0.1) is 6.92 Å². The highest BCUT2D eigenvalue weighted by atomic mass is 79.9. The molecule has 1 aromatic carbocycles. The topological polar surface area (TPSA) is 22.1 Å². The minimum Gasteiger partial charge on any atom is -0.495 e. The summed E-state index contributed by atoms with van der Waals surface area (Å²) in [7, 11) is 1.68. The summed E-state index contributed by atoms with van der Waals surface area (Å²) in [5, 5.41) is 1.06. The average molecular weight is 258 g/mol. The average Bonchev–Trinajstić information content (AvgIpc) is 2.48. The number of aryl methyl sites for hydroxylation is 1. The van der Waals surface area contributed by atoms with E-state index in [1.807, 2.05) is 19.1 Å². The summed E-state index contributed by atoms with van der Waals surface area (Å²) in [4.78, 5) is 4.41. The van der Waals surface area contributed by atoms with Crippen molar-refractivity contribution >= 4 is 37.5 Å². The smallest absolute Gasteiger partial charge is 0.138 e. The van der Waals surface area contributed by atoms with Gasteiger partial charge in [-0.15, -0.1) is 11.3 Å². The van der Waals surface area contributed by atoms with Gasteiger partial charge in [0.25, 0.3) is 0 Å². The molecule has 0 saturated heterocycles. The summed E-state index contributed by atoms with van der Waals surface area (Å²) in [5.74, 6) is 0.892. The lowest BCUT2D eigenvalue weighted by atomic mass is 10.3. The first-order valence-corrected chi connectivity index (χ1v) is 5.43. The van der Waals surface area contributed by atoms with Crippen LogP contribution >= 0.6 is 27.3 Å². The monoisotopic (exact) mass is 257 g/mol.